The van der Waals surface area contributed by atoms with Crippen LogP contribution in [0.15, 0.2) is 58.0 Å². The summed E-state index contributed by atoms with van der Waals surface area (Å²) < 4.78 is 0. The molecule has 2 aliphatic heterocycles. The van der Waals surface area contributed by atoms with Crippen molar-refractivity contribution in [1.82, 2.24) is 9.99 Å². The minimum atomic E-state index is -0.246. The number of aromatic nitrogens is 1. The van der Waals surface area contributed by atoms with Crippen LogP contribution in [0.5, 0.6) is 0 Å². The fourth-order valence-corrected chi connectivity index (χ4v) is 5.15. The molecule has 6 heteroatoms. The molecule has 0 saturated heterocycles. The average molecular weight is 416 g/mol. The van der Waals surface area contributed by atoms with Gasteiger partial charge in [-0.3, -0.25) is 14.8 Å². The number of carbonyl (C=O) groups excluding carboxylic acids is 1. The number of carbonyl (C=O) groups is 1. The van der Waals surface area contributed by atoms with E-state index in [-0.39, 0.29) is 17.9 Å². The zero-order valence-electron chi connectivity index (χ0n) is 18.0. The van der Waals surface area contributed by atoms with Gasteiger partial charge in [0.1, 0.15) is 5.82 Å². The molecule has 5 rings (SSSR count). The summed E-state index contributed by atoms with van der Waals surface area (Å²) in [5.41, 5.74) is 11.3. The summed E-state index contributed by atoms with van der Waals surface area (Å²) in [4.78, 5) is 22.3. The minimum Gasteiger partial charge on any atom is -0.383 e. The molecule has 1 aromatic heterocycles. The fraction of sp³-hybridized carbons (Fsp3) is 0.440. The van der Waals surface area contributed by atoms with Crippen LogP contribution in [0.2, 0.25) is 0 Å². The van der Waals surface area contributed by atoms with Crippen molar-refractivity contribution < 1.29 is 4.79 Å². The van der Waals surface area contributed by atoms with Gasteiger partial charge in [-0.1, -0.05) is 43.6 Å². The predicted molar refractivity (Wildman–Crippen MR) is 123 cm³/mol. The molecule has 2 N–H and O–H groups in total. The summed E-state index contributed by atoms with van der Waals surface area (Å²) >= 11 is 0. The second-order valence-electron chi connectivity index (χ2n) is 8.85. The van der Waals surface area contributed by atoms with E-state index >= 15 is 0 Å². The fourth-order valence-electron chi connectivity index (χ4n) is 5.15. The molecule has 160 valence electrons. The number of fused-ring (bicyclic) bond motifs is 1. The van der Waals surface area contributed by atoms with Gasteiger partial charge >= 0.3 is 0 Å². The van der Waals surface area contributed by atoms with Gasteiger partial charge in [0.25, 0.3) is 0 Å². The van der Waals surface area contributed by atoms with Crippen LogP contribution < -0.4 is 5.73 Å². The highest BCUT2D eigenvalue weighted by Gasteiger charge is 2.41. The Morgan fingerprint density at radius 1 is 1.19 bits per heavy atom. The van der Waals surface area contributed by atoms with Gasteiger partial charge in [0.05, 0.1) is 22.9 Å². The molecule has 1 saturated carbocycles. The van der Waals surface area contributed by atoms with Crippen LogP contribution in [-0.4, -0.2) is 33.9 Å². The van der Waals surface area contributed by atoms with E-state index in [1.54, 1.807) is 11.9 Å². The summed E-state index contributed by atoms with van der Waals surface area (Å²) in [6.45, 7) is 1.58. The van der Waals surface area contributed by atoms with Gasteiger partial charge in [0, 0.05) is 18.3 Å². The second kappa shape index (κ2) is 8.25. The maximum atomic E-state index is 12.5. The van der Waals surface area contributed by atoms with Crippen molar-refractivity contribution in [1.29, 1.82) is 0 Å². The van der Waals surface area contributed by atoms with Crippen molar-refractivity contribution >= 4 is 23.3 Å². The predicted octanol–water partition coefficient (Wildman–Crippen LogP) is 4.32. The summed E-state index contributed by atoms with van der Waals surface area (Å²) in [5.74, 6) is 0.684. The molecule has 3 heterocycles. The zero-order chi connectivity index (χ0) is 21.4. The Kier molecular flexibility index (Phi) is 5.30. The van der Waals surface area contributed by atoms with E-state index in [1.807, 2.05) is 12.4 Å². The van der Waals surface area contributed by atoms with Crippen LogP contribution in [-0.2, 0) is 4.79 Å². The zero-order valence-corrected chi connectivity index (χ0v) is 18.0. The molecular weight excluding hydrogens is 386 g/mol. The van der Waals surface area contributed by atoms with E-state index in [9.17, 15) is 4.79 Å². The summed E-state index contributed by atoms with van der Waals surface area (Å²) in [7, 11) is 0. The van der Waals surface area contributed by atoms with Gasteiger partial charge in [-0.2, -0.15) is 5.10 Å². The van der Waals surface area contributed by atoms with Crippen LogP contribution in [0.4, 0.5) is 0 Å². The normalized spacial score (nSPS) is 26.0. The number of allylic oxidation sites excluding steroid dienone is 5. The second-order valence-corrected chi connectivity index (χ2v) is 8.85. The first kappa shape index (κ1) is 19.9. The Labute approximate surface area is 183 Å². The molecule has 0 amide bonds. The number of ketones is 1. The molecule has 0 spiro atoms. The summed E-state index contributed by atoms with van der Waals surface area (Å²) in [5, 5.41) is 6.26. The monoisotopic (exact) mass is 415 g/mol. The van der Waals surface area contributed by atoms with Crippen molar-refractivity contribution in [2.75, 3.05) is 0 Å². The molecule has 2 unspecified atom stereocenters. The van der Waals surface area contributed by atoms with Gasteiger partial charge in [0.15, 0.2) is 11.9 Å². The molecule has 1 aromatic rings. The van der Waals surface area contributed by atoms with E-state index in [0.717, 1.165) is 42.7 Å². The van der Waals surface area contributed by atoms with Crippen molar-refractivity contribution in [2.24, 2.45) is 21.7 Å². The van der Waals surface area contributed by atoms with Gasteiger partial charge < -0.3 is 5.73 Å². The maximum Gasteiger partial charge on any atom is 0.165 e. The van der Waals surface area contributed by atoms with Crippen LogP contribution in [0.25, 0.3) is 5.57 Å². The first-order valence-electron chi connectivity index (χ1n) is 11.4. The standard InChI is InChI=1S/C25H29N5O/c1-16(31)22-23(18-10-6-3-7-11-18)29-25-20(15-28-30(25)24(22)26)19-12-13-21(27-14-19)17-8-4-2-5-9-17/h2,4,8,12-15,18,20,25H,3,5-7,9-11,26H2,1H3. The number of pyridine rings is 1. The molecule has 0 bridgehead atoms. The molecule has 2 aliphatic carbocycles. The molecule has 0 radical (unpaired) electrons. The number of nitrogens with zero attached hydrogens (tertiary/aromatic N) is 4. The highest BCUT2D eigenvalue weighted by Crippen LogP contribution is 2.38. The lowest BCUT2D eigenvalue weighted by molar-refractivity contribution is -0.113. The third-order valence-corrected chi connectivity index (χ3v) is 6.81. The van der Waals surface area contributed by atoms with Crippen LogP contribution >= 0.6 is 0 Å². The number of nitrogens with two attached hydrogens (primary N) is 1. The van der Waals surface area contributed by atoms with E-state index in [4.69, 9.17) is 15.7 Å². The Morgan fingerprint density at radius 3 is 2.71 bits per heavy atom. The van der Waals surface area contributed by atoms with E-state index in [0.29, 0.717) is 17.3 Å². The number of hydrogen-bond acceptors (Lipinski definition) is 6. The van der Waals surface area contributed by atoms with Gasteiger partial charge in [0.2, 0.25) is 0 Å². The lowest BCUT2D eigenvalue weighted by Gasteiger charge is -2.34. The molecule has 2 atom stereocenters. The molecule has 6 nitrogen and oxygen atoms in total. The van der Waals surface area contributed by atoms with Gasteiger partial charge in [-0.15, -0.1) is 0 Å². The van der Waals surface area contributed by atoms with Gasteiger partial charge in [-0.05, 0) is 49.8 Å². The van der Waals surface area contributed by atoms with Gasteiger partial charge in [-0.25, -0.2) is 5.01 Å². The number of rotatable bonds is 4. The summed E-state index contributed by atoms with van der Waals surface area (Å²) in [6, 6.07) is 4.21. The third kappa shape index (κ3) is 3.64. The van der Waals surface area contributed by atoms with Crippen molar-refractivity contribution in [2.45, 2.75) is 64.0 Å². The average Bonchev–Trinajstić information content (AvgIpc) is 3.24. The Balaban J connectivity index is 1.46. The first-order chi connectivity index (χ1) is 15.1. The maximum absolute atomic E-state index is 12.5. The Morgan fingerprint density at radius 2 is 2.03 bits per heavy atom. The highest BCUT2D eigenvalue weighted by molar-refractivity contribution is 6.23. The molecule has 0 aromatic carbocycles. The topological polar surface area (TPSA) is 83.9 Å². The largest absolute Gasteiger partial charge is 0.383 e. The molecule has 1 fully saturated rings. The molecule has 31 heavy (non-hydrogen) atoms. The van der Waals surface area contributed by atoms with Crippen LogP contribution in [0, 0.1) is 5.92 Å². The highest BCUT2D eigenvalue weighted by atomic mass is 16.1. The first-order valence-corrected chi connectivity index (χ1v) is 11.4. The number of hydrogen-bond donors (Lipinski definition) is 1. The van der Waals surface area contributed by atoms with E-state index < -0.39 is 0 Å². The lowest BCUT2D eigenvalue weighted by Crippen LogP contribution is -2.42. The number of hydrazone groups is 1. The van der Waals surface area contributed by atoms with Crippen molar-refractivity contribution in [3.63, 3.8) is 0 Å². The SMILES string of the molecule is CC(=O)C1=C(N)N2N=CC(c3ccc(C4=CC=CCC4)nc3)C2N=C1C1CCCCC1. The molecule has 4 aliphatic rings. The van der Waals surface area contributed by atoms with Crippen LogP contribution in [0.3, 0.4) is 0 Å². The summed E-state index contributed by atoms with van der Waals surface area (Å²) in [6.07, 6.45) is 17.8. The van der Waals surface area contributed by atoms with E-state index in [2.05, 4.69) is 35.5 Å². The number of Topliss-reactive ketones (excluding diaryl/α,β-unsaturated/α-hetero) is 1. The number of aliphatic imine (C=N–C) groups is 1. The van der Waals surface area contributed by atoms with Crippen LogP contribution in [0.1, 0.15) is 69.0 Å². The van der Waals surface area contributed by atoms with E-state index in [1.165, 1.54) is 24.8 Å². The molecular formula is C25H29N5O. The smallest absolute Gasteiger partial charge is 0.165 e. The Hall–Kier alpha value is -3.02. The third-order valence-electron chi connectivity index (χ3n) is 6.81. The van der Waals surface area contributed by atoms with Crippen molar-refractivity contribution in [3.8, 4) is 0 Å². The Bertz CT molecular complexity index is 1020. The minimum absolute atomic E-state index is 0.0280. The van der Waals surface area contributed by atoms with Crippen molar-refractivity contribution in [3.05, 3.63) is 59.2 Å². The lowest BCUT2D eigenvalue weighted by atomic mass is 9.81. The quantitative estimate of drug-likeness (QED) is 0.794.